The molecule has 0 aromatic heterocycles. The summed E-state index contributed by atoms with van der Waals surface area (Å²) >= 11 is 0. The van der Waals surface area contributed by atoms with Crippen LogP contribution in [0.15, 0.2) is 24.3 Å². The lowest BCUT2D eigenvalue weighted by molar-refractivity contribution is -0.123. The first-order valence-electron chi connectivity index (χ1n) is 7.04. The highest BCUT2D eigenvalue weighted by Crippen LogP contribution is 2.25. The van der Waals surface area contributed by atoms with Gasteiger partial charge in [0.15, 0.2) is 0 Å². The summed E-state index contributed by atoms with van der Waals surface area (Å²) in [6.07, 6.45) is 3.07. The highest BCUT2D eigenvalue weighted by molar-refractivity contribution is 5.82. The van der Waals surface area contributed by atoms with Crippen LogP contribution in [0, 0.1) is 0 Å². The van der Waals surface area contributed by atoms with E-state index in [1.54, 1.807) is 0 Å². The zero-order valence-electron chi connectivity index (χ0n) is 11.0. The summed E-state index contributed by atoms with van der Waals surface area (Å²) in [5.74, 6) is 0.126. The fourth-order valence-electron chi connectivity index (χ4n) is 2.86. The first kappa shape index (κ1) is 12.6. The Morgan fingerprint density at radius 1 is 1.21 bits per heavy atom. The Hall–Kier alpha value is -1.39. The second-order valence-electron chi connectivity index (χ2n) is 5.27. The third kappa shape index (κ3) is 2.80. The third-order valence-corrected chi connectivity index (χ3v) is 3.91. The van der Waals surface area contributed by atoms with Crippen LogP contribution in [-0.2, 0) is 16.1 Å². The molecule has 2 aliphatic rings. The summed E-state index contributed by atoms with van der Waals surface area (Å²) in [6, 6.07) is 8.33. The van der Waals surface area contributed by atoms with E-state index in [-0.39, 0.29) is 18.0 Å². The van der Waals surface area contributed by atoms with E-state index in [4.69, 9.17) is 4.74 Å². The molecule has 102 valence electrons. The van der Waals surface area contributed by atoms with Gasteiger partial charge in [-0.1, -0.05) is 24.3 Å². The van der Waals surface area contributed by atoms with Gasteiger partial charge >= 0.3 is 0 Å². The molecule has 2 aliphatic heterocycles. The van der Waals surface area contributed by atoms with Gasteiger partial charge in [-0.25, -0.2) is 0 Å². The molecule has 1 aromatic carbocycles. The van der Waals surface area contributed by atoms with Crippen LogP contribution in [0.3, 0.4) is 0 Å². The maximum absolute atomic E-state index is 12.0. The maximum Gasteiger partial charge on any atom is 0.237 e. The van der Waals surface area contributed by atoms with E-state index < -0.39 is 0 Å². The number of hydrogen-bond donors (Lipinski definition) is 2. The lowest BCUT2D eigenvalue weighted by Gasteiger charge is -2.29. The van der Waals surface area contributed by atoms with Gasteiger partial charge < -0.3 is 10.1 Å². The van der Waals surface area contributed by atoms with Crippen LogP contribution in [0.25, 0.3) is 0 Å². The molecule has 4 nitrogen and oxygen atoms in total. The zero-order chi connectivity index (χ0) is 13.1. The van der Waals surface area contributed by atoms with Crippen LogP contribution in [0.1, 0.15) is 36.4 Å². The Bertz CT molecular complexity index is 461. The van der Waals surface area contributed by atoms with Crippen LogP contribution >= 0.6 is 0 Å². The van der Waals surface area contributed by atoms with E-state index in [2.05, 4.69) is 22.8 Å². The predicted molar refractivity (Wildman–Crippen MR) is 72.6 cm³/mol. The molecule has 2 unspecified atom stereocenters. The van der Waals surface area contributed by atoms with Gasteiger partial charge in [-0.2, -0.15) is 0 Å². The van der Waals surface area contributed by atoms with Crippen molar-refractivity contribution in [1.82, 2.24) is 10.6 Å². The predicted octanol–water partition coefficient (Wildman–Crippen LogP) is 1.52. The Morgan fingerprint density at radius 3 is 3.05 bits per heavy atom. The van der Waals surface area contributed by atoms with Crippen molar-refractivity contribution in [2.24, 2.45) is 0 Å². The minimum Gasteiger partial charge on any atom is -0.375 e. The van der Waals surface area contributed by atoms with Gasteiger partial charge in [-0.15, -0.1) is 0 Å². The van der Waals surface area contributed by atoms with Crippen molar-refractivity contribution in [3.05, 3.63) is 35.4 Å². The van der Waals surface area contributed by atoms with Crippen molar-refractivity contribution in [2.75, 3.05) is 13.2 Å². The number of benzene rings is 1. The normalized spacial score (nSPS) is 27.3. The molecule has 1 aromatic rings. The Labute approximate surface area is 113 Å². The summed E-state index contributed by atoms with van der Waals surface area (Å²) in [4.78, 5) is 12.0. The number of ether oxygens (including phenoxy) is 1. The molecular weight excluding hydrogens is 240 g/mol. The number of fused-ring (bicyclic) bond motifs is 1. The Morgan fingerprint density at radius 2 is 2.11 bits per heavy atom. The molecule has 0 aliphatic carbocycles. The van der Waals surface area contributed by atoms with E-state index in [0.29, 0.717) is 13.2 Å². The van der Waals surface area contributed by atoms with Crippen LogP contribution in [-0.4, -0.2) is 25.1 Å². The number of rotatable bonds is 2. The summed E-state index contributed by atoms with van der Waals surface area (Å²) in [5, 5.41) is 6.43. The molecule has 0 radical (unpaired) electrons. The fraction of sp³-hybridized carbons (Fsp3) is 0.533. The average molecular weight is 260 g/mol. The second-order valence-corrected chi connectivity index (χ2v) is 5.27. The van der Waals surface area contributed by atoms with E-state index in [1.165, 1.54) is 11.1 Å². The van der Waals surface area contributed by atoms with E-state index in [9.17, 15) is 4.79 Å². The standard InChI is InChI=1S/C15H20N2O2/c18-15-13(7-3-4-8-16-15)17-14-10-19-9-11-5-1-2-6-12(11)14/h1-2,5-6,13-14,17H,3-4,7-10H2,(H,16,18). The second kappa shape index (κ2) is 5.72. The summed E-state index contributed by atoms with van der Waals surface area (Å²) < 4.78 is 5.62. The minimum absolute atomic E-state index is 0.0951. The molecule has 2 N–H and O–H groups in total. The summed E-state index contributed by atoms with van der Waals surface area (Å²) in [5.41, 5.74) is 2.49. The molecule has 4 heteroatoms. The van der Waals surface area contributed by atoms with Gasteiger partial charge in [-0.3, -0.25) is 10.1 Å². The Kier molecular flexibility index (Phi) is 3.80. The number of hydrogen-bond acceptors (Lipinski definition) is 3. The SMILES string of the molecule is O=C1NCCCCC1NC1COCc2ccccc21. The molecule has 0 spiro atoms. The van der Waals surface area contributed by atoms with Crippen molar-refractivity contribution in [3.8, 4) is 0 Å². The zero-order valence-corrected chi connectivity index (χ0v) is 11.0. The number of carbonyl (C=O) groups is 1. The van der Waals surface area contributed by atoms with Gasteiger partial charge in [0.25, 0.3) is 0 Å². The largest absolute Gasteiger partial charge is 0.375 e. The molecule has 2 atom stereocenters. The third-order valence-electron chi connectivity index (χ3n) is 3.91. The molecule has 1 amide bonds. The highest BCUT2D eigenvalue weighted by Gasteiger charge is 2.27. The Balaban J connectivity index is 1.75. The quantitative estimate of drug-likeness (QED) is 0.847. The van der Waals surface area contributed by atoms with Gasteiger partial charge in [0.2, 0.25) is 5.91 Å². The van der Waals surface area contributed by atoms with Crippen LogP contribution in [0.2, 0.25) is 0 Å². The fourth-order valence-corrected chi connectivity index (χ4v) is 2.86. The maximum atomic E-state index is 12.0. The summed E-state index contributed by atoms with van der Waals surface area (Å²) in [6.45, 7) is 2.11. The van der Waals surface area contributed by atoms with Crippen molar-refractivity contribution >= 4 is 5.91 Å². The van der Waals surface area contributed by atoms with E-state index in [0.717, 1.165) is 25.8 Å². The minimum atomic E-state index is -0.0951. The highest BCUT2D eigenvalue weighted by atomic mass is 16.5. The van der Waals surface area contributed by atoms with Crippen LogP contribution in [0.4, 0.5) is 0 Å². The van der Waals surface area contributed by atoms with Gasteiger partial charge in [-0.05, 0) is 30.4 Å². The van der Waals surface area contributed by atoms with Gasteiger partial charge in [0, 0.05) is 6.54 Å². The van der Waals surface area contributed by atoms with Crippen LogP contribution in [0.5, 0.6) is 0 Å². The first-order chi connectivity index (χ1) is 9.34. The number of amides is 1. The van der Waals surface area contributed by atoms with Crippen LogP contribution < -0.4 is 10.6 Å². The van der Waals surface area contributed by atoms with E-state index >= 15 is 0 Å². The van der Waals surface area contributed by atoms with Gasteiger partial charge in [0.1, 0.15) is 0 Å². The molecular formula is C15H20N2O2. The molecule has 0 bridgehead atoms. The molecule has 0 saturated carbocycles. The monoisotopic (exact) mass is 260 g/mol. The van der Waals surface area contributed by atoms with Crippen molar-refractivity contribution in [1.29, 1.82) is 0 Å². The summed E-state index contributed by atoms with van der Waals surface area (Å²) in [7, 11) is 0. The van der Waals surface area contributed by atoms with Crippen molar-refractivity contribution in [3.63, 3.8) is 0 Å². The smallest absolute Gasteiger partial charge is 0.237 e. The lowest BCUT2D eigenvalue weighted by atomic mass is 9.97. The van der Waals surface area contributed by atoms with Crippen molar-refractivity contribution in [2.45, 2.75) is 38.0 Å². The van der Waals surface area contributed by atoms with E-state index in [1.807, 2.05) is 12.1 Å². The molecule has 1 saturated heterocycles. The molecule has 19 heavy (non-hydrogen) atoms. The first-order valence-corrected chi connectivity index (χ1v) is 7.04. The topological polar surface area (TPSA) is 50.4 Å². The lowest BCUT2D eigenvalue weighted by Crippen LogP contribution is -2.46. The number of nitrogens with one attached hydrogen (secondary N) is 2. The van der Waals surface area contributed by atoms with Crippen molar-refractivity contribution < 1.29 is 9.53 Å². The van der Waals surface area contributed by atoms with Gasteiger partial charge in [0.05, 0.1) is 25.3 Å². The molecule has 2 heterocycles. The number of carbonyl (C=O) groups excluding carboxylic acids is 1. The molecule has 1 fully saturated rings. The average Bonchev–Trinajstić information content (AvgIpc) is 2.65. The molecule has 3 rings (SSSR count).